The molecule has 0 unspecified atom stereocenters. The Labute approximate surface area is 94.0 Å². The van der Waals surface area contributed by atoms with E-state index in [1.165, 1.54) is 23.1 Å². The first-order valence-electron chi connectivity index (χ1n) is 4.64. The van der Waals surface area contributed by atoms with Crippen LogP contribution in [-0.4, -0.2) is 25.8 Å². The summed E-state index contributed by atoms with van der Waals surface area (Å²) in [5, 5.41) is 13.2. The van der Waals surface area contributed by atoms with Gasteiger partial charge in [0.15, 0.2) is 0 Å². The average molecular weight is 239 g/mol. The van der Waals surface area contributed by atoms with Gasteiger partial charge in [-0.15, -0.1) is 0 Å². The fourth-order valence-electron chi connectivity index (χ4n) is 1.39. The number of aromatic nitrogens is 3. The van der Waals surface area contributed by atoms with Crippen molar-refractivity contribution >= 4 is 16.9 Å². The molecule has 0 fully saturated rings. The van der Waals surface area contributed by atoms with Gasteiger partial charge in [0, 0.05) is 17.7 Å². The van der Waals surface area contributed by atoms with Crippen LogP contribution in [0, 0.1) is 0 Å². The van der Waals surface area contributed by atoms with E-state index in [9.17, 15) is 13.6 Å². The van der Waals surface area contributed by atoms with Crippen LogP contribution in [0.25, 0.3) is 10.9 Å². The van der Waals surface area contributed by atoms with E-state index in [0.717, 1.165) is 0 Å². The number of allylic oxidation sites excluding steroid dienone is 1. The van der Waals surface area contributed by atoms with E-state index in [2.05, 4.69) is 10.1 Å². The number of hydrogen-bond acceptors (Lipinski definition) is 3. The van der Waals surface area contributed by atoms with Gasteiger partial charge in [0.25, 0.3) is 6.08 Å². The summed E-state index contributed by atoms with van der Waals surface area (Å²) in [6, 6.07) is 1.30. The number of hydrogen-bond donors (Lipinski definition) is 1. The van der Waals surface area contributed by atoms with Crippen molar-refractivity contribution in [1.82, 2.24) is 14.8 Å². The molecule has 0 aliphatic heterocycles. The number of fused-ring (bicyclic) bond motifs is 1. The lowest BCUT2D eigenvalue weighted by molar-refractivity contribution is 0.0690. The molecular weight excluding hydrogens is 232 g/mol. The third-order valence-electron chi connectivity index (χ3n) is 2.16. The molecule has 2 rings (SSSR count). The fourth-order valence-corrected chi connectivity index (χ4v) is 1.39. The molecule has 1 N–H and O–H groups in total. The maximum atomic E-state index is 11.9. The fraction of sp³-hybridized carbons (Fsp3) is 0.100. The molecule has 0 bridgehead atoms. The molecule has 0 saturated carbocycles. The maximum Gasteiger partial charge on any atom is 0.354 e. The van der Waals surface area contributed by atoms with Gasteiger partial charge in [0.1, 0.15) is 5.69 Å². The lowest BCUT2D eigenvalue weighted by Crippen LogP contribution is -2.02. The lowest BCUT2D eigenvalue weighted by Gasteiger charge is -1.99. The van der Waals surface area contributed by atoms with E-state index in [1.807, 2.05) is 0 Å². The van der Waals surface area contributed by atoms with E-state index in [0.29, 0.717) is 17.0 Å². The molecule has 5 nitrogen and oxygen atoms in total. The predicted molar refractivity (Wildman–Crippen MR) is 54.8 cm³/mol. The molecule has 0 aromatic carbocycles. The second-order valence-electron chi connectivity index (χ2n) is 3.25. The average Bonchev–Trinajstić information content (AvgIpc) is 2.68. The Morgan fingerprint density at radius 1 is 1.47 bits per heavy atom. The monoisotopic (exact) mass is 239 g/mol. The first-order valence-corrected chi connectivity index (χ1v) is 4.64. The summed E-state index contributed by atoms with van der Waals surface area (Å²) in [5.41, 5.74) is 0.304. The molecule has 0 amide bonds. The number of carbonyl (C=O) groups is 1. The molecule has 0 aliphatic carbocycles. The number of nitrogens with zero attached hydrogens (tertiary/aromatic N) is 3. The van der Waals surface area contributed by atoms with Crippen molar-refractivity contribution in [2.75, 3.05) is 0 Å². The Hall–Kier alpha value is -2.31. The zero-order chi connectivity index (χ0) is 12.4. The molecule has 2 heterocycles. The van der Waals surface area contributed by atoms with Crippen LogP contribution < -0.4 is 0 Å². The second-order valence-corrected chi connectivity index (χ2v) is 3.25. The van der Waals surface area contributed by atoms with Gasteiger partial charge in [-0.25, -0.2) is 9.78 Å². The first kappa shape index (κ1) is 11.2. The molecule has 0 radical (unpaired) electrons. The third-order valence-corrected chi connectivity index (χ3v) is 2.16. The number of halogens is 2. The highest BCUT2D eigenvalue weighted by Crippen LogP contribution is 2.14. The van der Waals surface area contributed by atoms with Crippen LogP contribution in [0.2, 0.25) is 0 Å². The van der Waals surface area contributed by atoms with Crippen molar-refractivity contribution in [1.29, 1.82) is 0 Å². The van der Waals surface area contributed by atoms with Gasteiger partial charge in [-0.2, -0.15) is 13.9 Å². The Morgan fingerprint density at radius 3 is 2.88 bits per heavy atom. The van der Waals surface area contributed by atoms with Crippen molar-refractivity contribution in [3.05, 3.63) is 36.3 Å². The molecule has 17 heavy (non-hydrogen) atoms. The molecule has 0 atom stereocenters. The topological polar surface area (TPSA) is 68.0 Å². The molecule has 88 valence electrons. The highest BCUT2D eigenvalue weighted by Gasteiger charge is 2.08. The van der Waals surface area contributed by atoms with Crippen LogP contribution in [0.1, 0.15) is 10.5 Å². The standard InChI is InChI=1S/C10H7F2N3O2/c11-9(12)1-2-15-8-3-7(10(16)17)13-4-6(8)5-14-15/h1,3-5H,2H2,(H,16,17). The lowest BCUT2D eigenvalue weighted by atomic mass is 10.3. The molecule has 0 saturated heterocycles. The maximum absolute atomic E-state index is 11.9. The van der Waals surface area contributed by atoms with Crippen molar-refractivity contribution in [2.24, 2.45) is 0 Å². The Kier molecular flexibility index (Phi) is 2.82. The minimum atomic E-state index is -1.80. The van der Waals surface area contributed by atoms with Crippen LogP contribution in [0.5, 0.6) is 0 Å². The van der Waals surface area contributed by atoms with Crippen molar-refractivity contribution in [2.45, 2.75) is 6.54 Å². The quantitative estimate of drug-likeness (QED) is 0.888. The van der Waals surface area contributed by atoms with Gasteiger partial charge >= 0.3 is 5.97 Å². The Bertz CT molecular complexity index is 603. The molecular formula is C10H7F2N3O2. The van der Waals surface area contributed by atoms with Gasteiger partial charge < -0.3 is 5.11 Å². The largest absolute Gasteiger partial charge is 0.477 e. The number of aromatic carboxylic acids is 1. The highest BCUT2D eigenvalue weighted by atomic mass is 19.3. The van der Waals surface area contributed by atoms with Gasteiger partial charge in [0.2, 0.25) is 0 Å². The molecule has 0 spiro atoms. The molecule has 2 aromatic rings. The molecule has 7 heteroatoms. The van der Waals surface area contributed by atoms with Crippen LogP contribution in [0.4, 0.5) is 8.78 Å². The van der Waals surface area contributed by atoms with E-state index < -0.39 is 12.0 Å². The minimum Gasteiger partial charge on any atom is -0.477 e. The summed E-state index contributed by atoms with van der Waals surface area (Å²) in [4.78, 5) is 14.4. The van der Waals surface area contributed by atoms with Crippen LogP contribution in [0.3, 0.4) is 0 Å². The Morgan fingerprint density at radius 2 is 2.24 bits per heavy atom. The van der Waals surface area contributed by atoms with E-state index in [4.69, 9.17) is 5.11 Å². The highest BCUT2D eigenvalue weighted by molar-refractivity contribution is 5.90. The van der Waals surface area contributed by atoms with Crippen molar-refractivity contribution in [3.8, 4) is 0 Å². The van der Waals surface area contributed by atoms with Gasteiger partial charge in [-0.3, -0.25) is 4.68 Å². The SMILES string of the molecule is O=C(O)c1cc2c(cn1)cnn2CC=C(F)F. The zero-order valence-corrected chi connectivity index (χ0v) is 8.47. The van der Waals surface area contributed by atoms with E-state index >= 15 is 0 Å². The summed E-state index contributed by atoms with van der Waals surface area (Å²) in [7, 11) is 0. The minimum absolute atomic E-state index is 0.116. The van der Waals surface area contributed by atoms with E-state index in [1.54, 1.807) is 0 Å². The normalized spacial score (nSPS) is 10.5. The van der Waals surface area contributed by atoms with E-state index in [-0.39, 0.29) is 12.2 Å². The summed E-state index contributed by atoms with van der Waals surface area (Å²) >= 11 is 0. The number of carboxylic acid groups (broad SMARTS) is 1. The van der Waals surface area contributed by atoms with Crippen molar-refractivity contribution in [3.63, 3.8) is 0 Å². The van der Waals surface area contributed by atoms with Gasteiger partial charge in [-0.05, 0) is 6.07 Å². The smallest absolute Gasteiger partial charge is 0.354 e. The number of rotatable bonds is 3. The molecule has 2 aromatic heterocycles. The Balaban J connectivity index is 2.46. The third kappa shape index (κ3) is 2.27. The summed E-state index contributed by atoms with van der Waals surface area (Å²) in [5.74, 6) is -1.17. The van der Waals surface area contributed by atoms with Crippen molar-refractivity contribution < 1.29 is 18.7 Å². The second kappa shape index (κ2) is 4.28. The number of carboxylic acids is 1. The van der Waals surface area contributed by atoms with Crippen LogP contribution in [0.15, 0.2) is 30.6 Å². The first-order chi connectivity index (χ1) is 8.08. The summed E-state index contributed by atoms with van der Waals surface area (Å²) < 4.78 is 25.2. The van der Waals surface area contributed by atoms with Gasteiger partial charge in [-0.1, -0.05) is 0 Å². The predicted octanol–water partition coefficient (Wildman–Crippen LogP) is 1.91. The van der Waals surface area contributed by atoms with Crippen LogP contribution >= 0.6 is 0 Å². The van der Waals surface area contributed by atoms with Gasteiger partial charge in [0.05, 0.1) is 18.3 Å². The van der Waals surface area contributed by atoms with Crippen LogP contribution in [-0.2, 0) is 6.54 Å². The molecule has 0 aliphatic rings. The summed E-state index contributed by atoms with van der Waals surface area (Å²) in [6.45, 7) is -0.116. The summed E-state index contributed by atoms with van der Waals surface area (Å²) in [6.07, 6.45) is 1.68. The zero-order valence-electron chi connectivity index (χ0n) is 8.47. The number of pyridine rings is 1.